The van der Waals surface area contributed by atoms with Crippen molar-refractivity contribution >= 4 is 116 Å². The molecule has 34 heavy (non-hydrogen) atoms. The first kappa shape index (κ1) is 42.4. The minimum absolute atomic E-state index is 0. The number of thioether (sulfide) groups is 3. The van der Waals surface area contributed by atoms with Gasteiger partial charge in [0.2, 0.25) is 0 Å². The van der Waals surface area contributed by atoms with Crippen LogP contribution in [0.25, 0.3) is 0 Å². The van der Waals surface area contributed by atoms with Crippen molar-refractivity contribution < 1.29 is 29.7 Å². The Morgan fingerprint density at radius 2 is 0.794 bits per heavy atom. The van der Waals surface area contributed by atoms with Gasteiger partial charge >= 0.3 is 24.4 Å². The number of carboxylic acids is 3. The molecule has 13 heteroatoms. The van der Waals surface area contributed by atoms with Crippen LogP contribution in [0.1, 0.15) is 40.0 Å². The van der Waals surface area contributed by atoms with E-state index in [0.717, 1.165) is 34.5 Å². The number of aliphatic carboxylic acids is 3. The Labute approximate surface area is 252 Å². The molecular formula is C21H39O6S6Sb. The molecule has 0 aromatic heterocycles. The molecule has 3 atom stereocenters. The van der Waals surface area contributed by atoms with Gasteiger partial charge in [-0.25, -0.2) is 0 Å². The first-order chi connectivity index (χ1) is 15.7. The third-order valence-corrected chi connectivity index (χ3v) is 8.23. The molecule has 0 rings (SSSR count). The van der Waals surface area contributed by atoms with E-state index in [-0.39, 0.29) is 42.2 Å². The van der Waals surface area contributed by atoms with E-state index in [1.54, 1.807) is 35.3 Å². The minimum Gasteiger partial charge on any atom is -0.550 e. The summed E-state index contributed by atoms with van der Waals surface area (Å²) in [4.78, 5) is 31.1. The summed E-state index contributed by atoms with van der Waals surface area (Å²) in [6.07, 6.45) is 2.01. The molecule has 0 heterocycles. The van der Waals surface area contributed by atoms with Crippen molar-refractivity contribution in [2.75, 3.05) is 51.8 Å². The summed E-state index contributed by atoms with van der Waals surface area (Å²) < 4.78 is 0. The van der Waals surface area contributed by atoms with Crippen LogP contribution in [0.5, 0.6) is 0 Å². The van der Waals surface area contributed by atoms with E-state index in [0.29, 0.717) is 36.5 Å². The molecule has 3 unspecified atom stereocenters. The van der Waals surface area contributed by atoms with Crippen LogP contribution in [0, 0.1) is 17.8 Å². The van der Waals surface area contributed by atoms with Crippen LogP contribution in [0.4, 0.5) is 0 Å². The second kappa shape index (κ2) is 32.4. The summed E-state index contributed by atoms with van der Waals surface area (Å²) >= 11 is 17.0. The Morgan fingerprint density at radius 1 is 0.588 bits per heavy atom. The first-order valence-electron chi connectivity index (χ1n) is 10.8. The van der Waals surface area contributed by atoms with Crippen LogP contribution in [-0.4, -0.2) is 94.1 Å². The topological polar surface area (TPSA) is 120 Å². The molecule has 0 spiro atoms. The summed E-state index contributed by atoms with van der Waals surface area (Å²) in [5.41, 5.74) is 0. The molecule has 0 saturated carbocycles. The number of thiol groups is 3. The summed E-state index contributed by atoms with van der Waals surface area (Å²) in [5.74, 6) is 2.84. The molecule has 0 fully saturated rings. The number of carbonyl (C=O) groups is 3. The van der Waals surface area contributed by atoms with E-state index in [1.165, 1.54) is 0 Å². The Bertz CT molecular complexity index is 424. The van der Waals surface area contributed by atoms with Gasteiger partial charge in [-0.05, 0) is 71.0 Å². The third kappa shape index (κ3) is 29.6. The van der Waals surface area contributed by atoms with Crippen LogP contribution in [-0.2, 0) is 14.4 Å². The van der Waals surface area contributed by atoms with Crippen molar-refractivity contribution in [3.63, 3.8) is 0 Å². The van der Waals surface area contributed by atoms with E-state index in [9.17, 15) is 29.7 Å². The molecule has 200 valence electrons. The average molecular weight is 702 g/mol. The Morgan fingerprint density at radius 3 is 0.912 bits per heavy atom. The molecule has 0 aromatic rings. The van der Waals surface area contributed by atoms with Gasteiger partial charge in [-0.15, -0.1) is 0 Å². The van der Waals surface area contributed by atoms with Gasteiger partial charge in [0.25, 0.3) is 0 Å². The Hall–Kier alpha value is 1.33. The van der Waals surface area contributed by atoms with E-state index in [2.05, 4.69) is 58.7 Å². The molecule has 2 radical (unpaired) electrons. The molecule has 0 aliphatic rings. The van der Waals surface area contributed by atoms with E-state index < -0.39 is 17.9 Å². The maximum Gasteiger partial charge on any atom is 3.00 e. The summed E-state index contributed by atoms with van der Waals surface area (Å²) in [7, 11) is 0. The summed E-state index contributed by atoms with van der Waals surface area (Å²) in [6.45, 7) is 6.16. The Balaban J connectivity index is -0.000000196. The average Bonchev–Trinajstić information content (AvgIpc) is 2.77. The second-order valence-electron chi connectivity index (χ2n) is 6.55. The molecule has 6 nitrogen and oxygen atoms in total. The van der Waals surface area contributed by atoms with Crippen molar-refractivity contribution in [2.45, 2.75) is 40.0 Å². The summed E-state index contributed by atoms with van der Waals surface area (Å²) in [6, 6.07) is 0. The SMILES string of the molecule is CCSCCC(CS)C(=O)[O-].CCSCCC(CS)C(=O)[O-].CCSCCC(CS)C(=O)[O-].[Sb+3]. The molecule has 0 saturated heterocycles. The van der Waals surface area contributed by atoms with Crippen molar-refractivity contribution in [2.24, 2.45) is 17.8 Å². The number of hydrogen-bond donors (Lipinski definition) is 3. The minimum atomic E-state index is -0.975. The zero-order chi connectivity index (χ0) is 26.1. The molecule has 0 aliphatic heterocycles. The van der Waals surface area contributed by atoms with Crippen molar-refractivity contribution in [3.05, 3.63) is 0 Å². The third-order valence-electron chi connectivity index (χ3n) is 4.11. The van der Waals surface area contributed by atoms with Crippen LogP contribution in [0.2, 0.25) is 0 Å². The zero-order valence-corrected chi connectivity index (χ0v) is 27.9. The van der Waals surface area contributed by atoms with Gasteiger partial charge in [-0.3, -0.25) is 0 Å². The van der Waals surface area contributed by atoms with Crippen LogP contribution in [0.15, 0.2) is 0 Å². The fourth-order valence-electron chi connectivity index (χ4n) is 1.96. The smallest absolute Gasteiger partial charge is 0.550 e. The van der Waals surface area contributed by atoms with Gasteiger partial charge in [-0.2, -0.15) is 73.2 Å². The van der Waals surface area contributed by atoms with Gasteiger partial charge in [0.05, 0.1) is 0 Å². The molecular weight excluding hydrogens is 662 g/mol. The van der Waals surface area contributed by atoms with Gasteiger partial charge in [-0.1, -0.05) is 20.8 Å². The first-order valence-corrected chi connectivity index (χ1v) is 16.2. The predicted molar refractivity (Wildman–Crippen MR) is 156 cm³/mol. The molecule has 0 amide bonds. The van der Waals surface area contributed by atoms with Crippen LogP contribution < -0.4 is 15.3 Å². The summed E-state index contributed by atoms with van der Waals surface area (Å²) in [5, 5.41) is 31.1. The fourth-order valence-corrected chi connectivity index (χ4v) is 5.18. The van der Waals surface area contributed by atoms with Crippen molar-refractivity contribution in [1.82, 2.24) is 0 Å². The molecule has 0 aliphatic carbocycles. The van der Waals surface area contributed by atoms with Gasteiger partial charge < -0.3 is 29.7 Å². The van der Waals surface area contributed by atoms with Crippen LogP contribution >= 0.6 is 73.2 Å². The van der Waals surface area contributed by atoms with E-state index >= 15 is 0 Å². The van der Waals surface area contributed by atoms with E-state index in [4.69, 9.17) is 0 Å². The number of rotatable bonds is 18. The molecule has 0 aromatic carbocycles. The van der Waals surface area contributed by atoms with Gasteiger partial charge in [0.15, 0.2) is 0 Å². The quantitative estimate of drug-likeness (QED) is 0.109. The van der Waals surface area contributed by atoms with E-state index in [1.807, 2.05) is 0 Å². The molecule has 0 N–H and O–H groups in total. The Kier molecular flexibility index (Phi) is 40.4. The normalized spacial score (nSPS) is 12.5. The van der Waals surface area contributed by atoms with Crippen molar-refractivity contribution in [1.29, 1.82) is 0 Å². The van der Waals surface area contributed by atoms with Crippen molar-refractivity contribution in [3.8, 4) is 0 Å². The van der Waals surface area contributed by atoms with Gasteiger partial charge in [0, 0.05) is 35.7 Å². The molecule has 0 bridgehead atoms. The maximum atomic E-state index is 10.4. The number of carbonyl (C=O) groups excluding carboxylic acids is 3. The largest absolute Gasteiger partial charge is 3.00 e. The number of carboxylic acid groups (broad SMARTS) is 3. The fraction of sp³-hybridized carbons (Fsp3) is 0.857. The maximum absolute atomic E-state index is 10.4. The van der Waals surface area contributed by atoms with Gasteiger partial charge in [0.1, 0.15) is 0 Å². The van der Waals surface area contributed by atoms with Crippen LogP contribution in [0.3, 0.4) is 0 Å². The number of hydrogen-bond acceptors (Lipinski definition) is 12. The zero-order valence-electron chi connectivity index (χ0n) is 20.2. The monoisotopic (exact) mass is 700 g/mol. The standard InChI is InChI=1S/3C7H14O2S2.Sb/c3*1-2-11-4-3-6(5-10)7(8)9;/h3*6,10H,2-5H2,1H3,(H,8,9);/q;;;+3/p-3. The second-order valence-corrected chi connectivity index (χ2v) is 11.8. The predicted octanol–water partition coefficient (Wildman–Crippen LogP) is 0.896.